The molecule has 0 radical (unpaired) electrons. The zero-order valence-electron chi connectivity index (χ0n) is 16.3. The van der Waals surface area contributed by atoms with E-state index in [2.05, 4.69) is 11.1 Å². The molecule has 0 aliphatic carbocycles. The lowest BCUT2D eigenvalue weighted by atomic mass is 9.90. The van der Waals surface area contributed by atoms with Gasteiger partial charge in [-0.2, -0.15) is 4.31 Å². The van der Waals surface area contributed by atoms with Crippen molar-refractivity contribution in [2.24, 2.45) is 0 Å². The van der Waals surface area contributed by atoms with E-state index in [1.54, 1.807) is 12.1 Å². The molecule has 1 aromatic heterocycles. The Labute approximate surface area is 175 Å². The van der Waals surface area contributed by atoms with E-state index in [0.29, 0.717) is 13.0 Å². The van der Waals surface area contributed by atoms with Crippen molar-refractivity contribution in [1.29, 1.82) is 0 Å². The summed E-state index contributed by atoms with van der Waals surface area (Å²) in [6.45, 7) is 0.359. The highest BCUT2D eigenvalue weighted by Crippen LogP contribution is 2.40. The molecule has 0 saturated heterocycles. The number of nitrogens with zero attached hydrogens (tertiary/aromatic N) is 1. The van der Waals surface area contributed by atoms with Crippen LogP contribution < -0.4 is 0 Å². The van der Waals surface area contributed by atoms with Crippen molar-refractivity contribution in [1.82, 2.24) is 9.29 Å². The van der Waals surface area contributed by atoms with Gasteiger partial charge in [-0.1, -0.05) is 60.7 Å². The van der Waals surface area contributed by atoms with Gasteiger partial charge in [0, 0.05) is 34.8 Å². The maximum Gasteiger partial charge on any atom is 0.219 e. The van der Waals surface area contributed by atoms with Crippen LogP contribution in [0.25, 0.3) is 10.9 Å². The van der Waals surface area contributed by atoms with E-state index in [0.717, 1.165) is 27.6 Å². The molecule has 0 fully saturated rings. The molecule has 0 bridgehead atoms. The third-order valence-electron chi connectivity index (χ3n) is 5.81. The maximum atomic E-state index is 14.2. The summed E-state index contributed by atoms with van der Waals surface area (Å²) >= 11 is 0. The van der Waals surface area contributed by atoms with E-state index in [4.69, 9.17) is 0 Å². The molecule has 6 heteroatoms. The molecule has 0 amide bonds. The number of aromatic amines is 1. The Morgan fingerprint density at radius 3 is 2.53 bits per heavy atom. The van der Waals surface area contributed by atoms with Gasteiger partial charge in [0.2, 0.25) is 10.0 Å². The molecule has 2 heterocycles. The minimum absolute atomic E-state index is 0.189. The first kappa shape index (κ1) is 19.0. The zero-order valence-corrected chi connectivity index (χ0v) is 17.1. The van der Waals surface area contributed by atoms with Gasteiger partial charge in [-0.05, 0) is 29.7 Å². The van der Waals surface area contributed by atoms with Gasteiger partial charge in [0.15, 0.2) is 0 Å². The third kappa shape index (κ3) is 3.22. The largest absolute Gasteiger partial charge is 0.361 e. The Bertz CT molecular complexity index is 1330. The Kier molecular flexibility index (Phi) is 4.68. The van der Waals surface area contributed by atoms with E-state index >= 15 is 0 Å². The standard InChI is InChI=1S/C24H21FN2O2S/c25-22-11-5-2-8-18(22)16-30(28,29)27-14-13-17-7-1-3-9-19(17)24(27)21-15-26-23-12-6-4-10-20(21)23/h1-12,15,24,26H,13-14,16H2/t24-/m1/s1. The average Bonchev–Trinajstić information content (AvgIpc) is 3.18. The van der Waals surface area contributed by atoms with Gasteiger partial charge in [-0.15, -0.1) is 0 Å². The Morgan fingerprint density at radius 2 is 1.67 bits per heavy atom. The predicted octanol–water partition coefficient (Wildman–Crippen LogP) is 4.78. The average molecular weight is 421 g/mol. The molecular weight excluding hydrogens is 399 g/mol. The van der Waals surface area contributed by atoms with Crippen molar-refractivity contribution in [2.75, 3.05) is 6.54 Å². The van der Waals surface area contributed by atoms with Crippen LogP contribution in [0.1, 0.15) is 28.3 Å². The molecule has 0 unspecified atom stereocenters. The lowest BCUT2D eigenvalue weighted by molar-refractivity contribution is 0.345. The summed E-state index contributed by atoms with van der Waals surface area (Å²) in [5.74, 6) is -0.858. The van der Waals surface area contributed by atoms with E-state index in [1.807, 2.05) is 48.7 Å². The SMILES string of the molecule is O=S(=O)(Cc1ccccc1F)N1CCc2ccccc2[C@@H]1c1c[nH]c2ccccc12. The fourth-order valence-corrected chi connectivity index (χ4v) is 6.09. The summed E-state index contributed by atoms with van der Waals surface area (Å²) in [6.07, 6.45) is 2.52. The summed E-state index contributed by atoms with van der Waals surface area (Å²) in [6, 6.07) is 21.4. The monoisotopic (exact) mass is 420 g/mol. The molecule has 4 nitrogen and oxygen atoms in total. The van der Waals surface area contributed by atoms with Gasteiger partial charge in [0.05, 0.1) is 11.8 Å². The number of H-pyrrole nitrogens is 1. The number of sulfonamides is 1. The third-order valence-corrected chi connectivity index (χ3v) is 7.59. The van der Waals surface area contributed by atoms with Gasteiger partial charge < -0.3 is 4.98 Å². The van der Waals surface area contributed by atoms with Crippen molar-refractivity contribution in [3.8, 4) is 0 Å². The molecule has 0 spiro atoms. The molecule has 1 atom stereocenters. The van der Waals surface area contributed by atoms with Crippen LogP contribution in [0.4, 0.5) is 4.39 Å². The lowest BCUT2D eigenvalue weighted by Gasteiger charge is -2.36. The molecule has 152 valence electrons. The van der Waals surface area contributed by atoms with Crippen LogP contribution in [0.3, 0.4) is 0 Å². The van der Waals surface area contributed by atoms with Crippen LogP contribution in [0.2, 0.25) is 0 Å². The predicted molar refractivity (Wildman–Crippen MR) is 116 cm³/mol. The number of rotatable bonds is 4. The van der Waals surface area contributed by atoms with Gasteiger partial charge in [-0.3, -0.25) is 0 Å². The second-order valence-electron chi connectivity index (χ2n) is 7.60. The summed E-state index contributed by atoms with van der Waals surface area (Å²) in [7, 11) is -3.77. The van der Waals surface area contributed by atoms with Gasteiger partial charge in [0.1, 0.15) is 5.82 Å². The molecular formula is C24H21FN2O2S. The first-order valence-corrected chi connectivity index (χ1v) is 11.5. The second-order valence-corrected chi connectivity index (χ2v) is 9.52. The number of fused-ring (bicyclic) bond motifs is 2. The highest BCUT2D eigenvalue weighted by atomic mass is 32.2. The van der Waals surface area contributed by atoms with E-state index in [9.17, 15) is 12.8 Å². The summed E-state index contributed by atoms with van der Waals surface area (Å²) < 4.78 is 42.8. The number of hydrogen-bond donors (Lipinski definition) is 1. The number of para-hydroxylation sites is 1. The van der Waals surface area contributed by atoms with Crippen molar-refractivity contribution >= 4 is 20.9 Å². The second kappa shape index (κ2) is 7.38. The fourth-order valence-electron chi connectivity index (χ4n) is 4.38. The quantitative estimate of drug-likeness (QED) is 0.516. The van der Waals surface area contributed by atoms with Crippen LogP contribution in [0.5, 0.6) is 0 Å². The molecule has 1 aliphatic heterocycles. The molecule has 1 N–H and O–H groups in total. The zero-order chi connectivity index (χ0) is 20.7. The number of hydrogen-bond acceptors (Lipinski definition) is 2. The molecule has 0 saturated carbocycles. The summed E-state index contributed by atoms with van der Waals surface area (Å²) in [4.78, 5) is 3.27. The van der Waals surface area contributed by atoms with Crippen LogP contribution in [0, 0.1) is 5.82 Å². The minimum Gasteiger partial charge on any atom is -0.361 e. The molecule has 1 aliphatic rings. The molecule has 4 aromatic rings. The van der Waals surface area contributed by atoms with Crippen molar-refractivity contribution in [3.05, 3.63) is 107 Å². The number of nitrogens with one attached hydrogen (secondary N) is 1. The molecule has 5 rings (SSSR count). The van der Waals surface area contributed by atoms with Crippen LogP contribution in [-0.2, 0) is 22.2 Å². The topological polar surface area (TPSA) is 53.2 Å². The van der Waals surface area contributed by atoms with Crippen LogP contribution in [-0.4, -0.2) is 24.3 Å². The minimum atomic E-state index is -3.77. The molecule has 3 aromatic carbocycles. The fraction of sp³-hybridized carbons (Fsp3) is 0.167. The van der Waals surface area contributed by atoms with Crippen molar-refractivity contribution in [2.45, 2.75) is 18.2 Å². The lowest BCUT2D eigenvalue weighted by Crippen LogP contribution is -2.41. The molecule has 30 heavy (non-hydrogen) atoms. The van der Waals surface area contributed by atoms with Crippen LogP contribution >= 0.6 is 0 Å². The Hall–Kier alpha value is -2.96. The van der Waals surface area contributed by atoms with Crippen LogP contribution in [0.15, 0.2) is 79.0 Å². The van der Waals surface area contributed by atoms with E-state index < -0.39 is 21.9 Å². The maximum absolute atomic E-state index is 14.2. The van der Waals surface area contributed by atoms with E-state index in [1.165, 1.54) is 16.4 Å². The van der Waals surface area contributed by atoms with Gasteiger partial charge in [0.25, 0.3) is 0 Å². The Morgan fingerprint density at radius 1 is 0.933 bits per heavy atom. The number of aromatic nitrogens is 1. The summed E-state index contributed by atoms with van der Waals surface area (Å²) in [5.41, 5.74) is 4.18. The highest BCUT2D eigenvalue weighted by molar-refractivity contribution is 7.88. The highest BCUT2D eigenvalue weighted by Gasteiger charge is 2.37. The van der Waals surface area contributed by atoms with Crippen molar-refractivity contribution < 1.29 is 12.8 Å². The van der Waals surface area contributed by atoms with E-state index in [-0.39, 0.29) is 11.3 Å². The first-order chi connectivity index (χ1) is 14.5. The van der Waals surface area contributed by atoms with Gasteiger partial charge >= 0.3 is 0 Å². The van der Waals surface area contributed by atoms with Gasteiger partial charge in [-0.25, -0.2) is 12.8 Å². The Balaban J connectivity index is 1.64. The number of benzene rings is 3. The summed E-state index contributed by atoms with van der Waals surface area (Å²) in [5, 5.41) is 0.991. The number of halogens is 1. The normalized spacial score (nSPS) is 17.2. The first-order valence-electron chi connectivity index (χ1n) is 9.91. The smallest absolute Gasteiger partial charge is 0.219 e. The van der Waals surface area contributed by atoms with Crippen molar-refractivity contribution in [3.63, 3.8) is 0 Å².